The van der Waals surface area contributed by atoms with E-state index >= 15 is 0 Å². The fourth-order valence-electron chi connectivity index (χ4n) is 2.48. The lowest BCUT2D eigenvalue weighted by Crippen LogP contribution is -2.18. The van der Waals surface area contributed by atoms with Crippen molar-refractivity contribution in [3.63, 3.8) is 0 Å². The van der Waals surface area contributed by atoms with Crippen molar-refractivity contribution in [2.45, 2.75) is 44.6 Å². The molecule has 1 aromatic heterocycles. The third-order valence-corrected chi connectivity index (χ3v) is 3.36. The van der Waals surface area contributed by atoms with Gasteiger partial charge in [0.1, 0.15) is 0 Å². The molecular formula is C14H21NO. The molecule has 0 saturated heterocycles. The first-order valence-corrected chi connectivity index (χ1v) is 6.30. The minimum absolute atomic E-state index is 0.344. The van der Waals surface area contributed by atoms with Crippen molar-refractivity contribution in [3.8, 4) is 0 Å². The second-order valence-electron chi connectivity index (χ2n) is 4.51. The summed E-state index contributed by atoms with van der Waals surface area (Å²) in [4.78, 5) is 0. The van der Waals surface area contributed by atoms with Crippen LogP contribution in [-0.2, 0) is 0 Å². The van der Waals surface area contributed by atoms with Crippen LogP contribution in [-0.4, -0.2) is 7.05 Å². The molecule has 1 aliphatic carbocycles. The van der Waals surface area contributed by atoms with Crippen LogP contribution in [0.2, 0.25) is 0 Å². The fraction of sp³-hybridized carbons (Fsp3) is 0.571. The Morgan fingerprint density at radius 3 is 2.88 bits per heavy atom. The highest BCUT2D eigenvalue weighted by atomic mass is 16.3. The maximum Gasteiger partial charge on any atom is 0.0953 e. The molecule has 0 fully saturated rings. The number of allylic oxidation sites excluding steroid dienone is 1. The second kappa shape index (κ2) is 5.90. The molecule has 1 N–H and O–H groups in total. The van der Waals surface area contributed by atoms with E-state index in [1.165, 1.54) is 49.7 Å². The summed E-state index contributed by atoms with van der Waals surface area (Å²) in [5.41, 5.74) is 2.78. The van der Waals surface area contributed by atoms with Crippen molar-refractivity contribution in [3.05, 3.63) is 35.8 Å². The number of furan rings is 1. The van der Waals surface area contributed by atoms with E-state index in [1.807, 2.05) is 13.3 Å². The highest BCUT2D eigenvalue weighted by molar-refractivity contribution is 5.25. The smallest absolute Gasteiger partial charge is 0.0953 e. The summed E-state index contributed by atoms with van der Waals surface area (Å²) >= 11 is 0. The van der Waals surface area contributed by atoms with E-state index in [-0.39, 0.29) is 0 Å². The Hall–Kier alpha value is -1.02. The Morgan fingerprint density at radius 2 is 2.12 bits per heavy atom. The molecule has 0 aliphatic heterocycles. The van der Waals surface area contributed by atoms with Crippen LogP contribution in [0.5, 0.6) is 0 Å². The third kappa shape index (κ3) is 2.76. The minimum Gasteiger partial charge on any atom is -0.472 e. The Morgan fingerprint density at radius 1 is 1.25 bits per heavy atom. The lowest BCUT2D eigenvalue weighted by Gasteiger charge is -2.20. The molecule has 88 valence electrons. The Balaban J connectivity index is 2.12. The van der Waals surface area contributed by atoms with Gasteiger partial charge in [0.15, 0.2) is 0 Å². The second-order valence-corrected chi connectivity index (χ2v) is 4.51. The summed E-state index contributed by atoms with van der Waals surface area (Å²) in [6, 6.07) is 2.40. The first kappa shape index (κ1) is 11.5. The van der Waals surface area contributed by atoms with Crippen molar-refractivity contribution in [1.29, 1.82) is 0 Å². The van der Waals surface area contributed by atoms with E-state index in [9.17, 15) is 0 Å². The standard InChI is InChI=1S/C14H21NO/c1-15-14(13-9-10-16-11-13)12-7-5-3-2-4-6-8-12/h7,9-11,14-15H,2-6,8H2,1H3/b12-7+. The van der Waals surface area contributed by atoms with Crippen molar-refractivity contribution < 1.29 is 4.42 Å². The van der Waals surface area contributed by atoms with Gasteiger partial charge in [-0.05, 0) is 38.8 Å². The largest absolute Gasteiger partial charge is 0.472 e. The van der Waals surface area contributed by atoms with E-state index in [4.69, 9.17) is 4.42 Å². The molecule has 2 nitrogen and oxygen atoms in total. The van der Waals surface area contributed by atoms with Gasteiger partial charge in [0.25, 0.3) is 0 Å². The topological polar surface area (TPSA) is 25.2 Å². The summed E-state index contributed by atoms with van der Waals surface area (Å²) in [5, 5.41) is 3.39. The molecule has 1 aromatic rings. The van der Waals surface area contributed by atoms with Gasteiger partial charge < -0.3 is 9.73 Å². The van der Waals surface area contributed by atoms with Gasteiger partial charge in [-0.1, -0.05) is 24.5 Å². The zero-order chi connectivity index (χ0) is 11.2. The van der Waals surface area contributed by atoms with Crippen LogP contribution in [0, 0.1) is 0 Å². The molecule has 0 aromatic carbocycles. The predicted molar refractivity (Wildman–Crippen MR) is 66.3 cm³/mol. The molecule has 0 amide bonds. The van der Waals surface area contributed by atoms with E-state index < -0.39 is 0 Å². The molecule has 16 heavy (non-hydrogen) atoms. The maximum atomic E-state index is 5.18. The summed E-state index contributed by atoms with van der Waals surface area (Å²) in [5.74, 6) is 0. The Labute approximate surface area is 97.7 Å². The van der Waals surface area contributed by atoms with E-state index in [1.54, 1.807) is 6.26 Å². The summed E-state index contributed by atoms with van der Waals surface area (Å²) in [6.45, 7) is 0. The van der Waals surface area contributed by atoms with Crippen LogP contribution in [0.4, 0.5) is 0 Å². The van der Waals surface area contributed by atoms with E-state index in [2.05, 4.69) is 17.5 Å². The van der Waals surface area contributed by atoms with Crippen LogP contribution in [0.15, 0.2) is 34.7 Å². The number of nitrogens with one attached hydrogen (secondary N) is 1. The van der Waals surface area contributed by atoms with Crippen molar-refractivity contribution in [2.75, 3.05) is 7.05 Å². The normalized spacial score (nSPS) is 22.9. The molecule has 0 bridgehead atoms. The molecule has 1 heterocycles. The van der Waals surface area contributed by atoms with Gasteiger partial charge in [0, 0.05) is 5.56 Å². The monoisotopic (exact) mass is 219 g/mol. The molecule has 2 heteroatoms. The zero-order valence-electron chi connectivity index (χ0n) is 10.0. The summed E-state index contributed by atoms with van der Waals surface area (Å²) < 4.78 is 5.18. The van der Waals surface area contributed by atoms with Crippen LogP contribution in [0.3, 0.4) is 0 Å². The SMILES string of the molecule is CNC(/C1=C/CCCCCC1)c1ccoc1. The molecule has 0 saturated carbocycles. The van der Waals surface area contributed by atoms with E-state index in [0.717, 1.165) is 0 Å². The average Bonchev–Trinajstić information content (AvgIpc) is 2.75. The number of likely N-dealkylation sites (N-methyl/N-ethyl adjacent to an activating group) is 1. The molecule has 0 radical (unpaired) electrons. The van der Waals surface area contributed by atoms with Gasteiger partial charge in [-0.25, -0.2) is 0 Å². The van der Waals surface area contributed by atoms with Crippen molar-refractivity contribution >= 4 is 0 Å². The van der Waals surface area contributed by atoms with E-state index in [0.29, 0.717) is 6.04 Å². The highest BCUT2D eigenvalue weighted by Gasteiger charge is 2.16. The molecule has 2 rings (SSSR count). The first-order chi connectivity index (χ1) is 7.92. The molecular weight excluding hydrogens is 198 g/mol. The number of rotatable bonds is 3. The zero-order valence-corrected chi connectivity index (χ0v) is 10.0. The Bertz CT molecular complexity index is 327. The number of hydrogen-bond donors (Lipinski definition) is 1. The van der Waals surface area contributed by atoms with Crippen LogP contribution in [0.25, 0.3) is 0 Å². The summed E-state index contributed by atoms with van der Waals surface area (Å²) in [6.07, 6.45) is 13.9. The highest BCUT2D eigenvalue weighted by Crippen LogP contribution is 2.28. The van der Waals surface area contributed by atoms with Gasteiger partial charge >= 0.3 is 0 Å². The third-order valence-electron chi connectivity index (χ3n) is 3.36. The fourth-order valence-corrected chi connectivity index (χ4v) is 2.48. The lowest BCUT2D eigenvalue weighted by atomic mass is 9.92. The molecule has 1 atom stereocenters. The first-order valence-electron chi connectivity index (χ1n) is 6.30. The Kier molecular flexibility index (Phi) is 4.23. The van der Waals surface area contributed by atoms with Crippen LogP contribution < -0.4 is 5.32 Å². The van der Waals surface area contributed by atoms with Crippen LogP contribution in [0.1, 0.15) is 50.1 Å². The average molecular weight is 219 g/mol. The molecule has 1 unspecified atom stereocenters. The summed E-state index contributed by atoms with van der Waals surface area (Å²) in [7, 11) is 2.03. The van der Waals surface area contributed by atoms with Crippen LogP contribution >= 0.6 is 0 Å². The van der Waals surface area contributed by atoms with Gasteiger partial charge in [-0.15, -0.1) is 0 Å². The van der Waals surface area contributed by atoms with Gasteiger partial charge in [-0.2, -0.15) is 0 Å². The predicted octanol–water partition coefficient (Wildman–Crippen LogP) is 3.82. The number of hydrogen-bond acceptors (Lipinski definition) is 2. The maximum absolute atomic E-state index is 5.18. The van der Waals surface area contributed by atoms with Crippen molar-refractivity contribution in [1.82, 2.24) is 5.32 Å². The van der Waals surface area contributed by atoms with Gasteiger partial charge in [0.05, 0.1) is 18.6 Å². The quantitative estimate of drug-likeness (QED) is 0.782. The molecule has 0 spiro atoms. The van der Waals surface area contributed by atoms with Crippen molar-refractivity contribution in [2.24, 2.45) is 0 Å². The minimum atomic E-state index is 0.344. The van der Waals surface area contributed by atoms with Gasteiger partial charge in [0.2, 0.25) is 0 Å². The van der Waals surface area contributed by atoms with Gasteiger partial charge in [-0.3, -0.25) is 0 Å². The molecule has 1 aliphatic rings. The lowest BCUT2D eigenvalue weighted by molar-refractivity contribution is 0.545.